The lowest BCUT2D eigenvalue weighted by molar-refractivity contribution is -0.150. The smallest absolute Gasteiger partial charge is 0.410 e. The van der Waals surface area contributed by atoms with Crippen molar-refractivity contribution in [1.82, 2.24) is 49.8 Å². The van der Waals surface area contributed by atoms with Gasteiger partial charge in [0.15, 0.2) is 5.78 Å². The molecule has 2 aromatic rings. The first kappa shape index (κ1) is 123. The van der Waals surface area contributed by atoms with Gasteiger partial charge in [0.1, 0.15) is 29.3 Å². The third kappa shape index (κ3) is 40.5. The zero-order valence-corrected chi connectivity index (χ0v) is 87.9. The number of nitrogens with two attached hydrogens (primary N) is 1. The summed E-state index contributed by atoms with van der Waals surface area (Å²) < 4.78 is 55.8. The third-order valence-electron chi connectivity index (χ3n) is 25.8. The molecule has 2 heterocycles. The number of nitrogens with one attached hydrogen (secondary N) is 2. The number of ether oxygens (including phenoxy) is 10. The number of carbonyl (C=O) groups is 12. The molecular formula is C101H175N11O23. The van der Waals surface area contributed by atoms with Crippen LogP contribution in [0.25, 0.3) is 0 Å². The first-order chi connectivity index (χ1) is 63.2. The van der Waals surface area contributed by atoms with Crippen molar-refractivity contribution in [3.8, 4) is 0 Å². The number of Topliss-reactive ketones (excluding diaryl/α,β-unsaturated/α-hetero) is 1. The van der Waals surface area contributed by atoms with Gasteiger partial charge in [-0.2, -0.15) is 0 Å². The number of likely N-dealkylation sites (N-methyl/N-ethyl adjacent to an activating group) is 6. The molecule has 0 aromatic heterocycles. The number of aliphatic carboxylic acids is 1. The molecule has 34 heteroatoms. The summed E-state index contributed by atoms with van der Waals surface area (Å²) in [5.74, 6) is -5.56. The van der Waals surface area contributed by atoms with E-state index in [4.69, 9.17) is 53.1 Å². The lowest BCUT2D eigenvalue weighted by Gasteiger charge is -2.41. The van der Waals surface area contributed by atoms with Crippen LogP contribution in [0, 0.1) is 53.3 Å². The predicted octanol–water partition coefficient (Wildman–Crippen LogP) is 10.6. The maximum absolute atomic E-state index is 14.7. The number of carbonyl (C=O) groups excluding carboxylic acids is 11. The largest absolute Gasteiger partial charge is 0.480 e. The topological polar surface area (TPSA) is 393 Å². The van der Waals surface area contributed by atoms with Crippen molar-refractivity contribution in [2.75, 3.05) is 151 Å². The number of benzene rings is 2. The number of nitrogens with zero attached hydrogens (tertiary/aromatic N) is 8. The normalized spacial score (nSPS) is 17.7. The van der Waals surface area contributed by atoms with Crippen LogP contribution in [0.15, 0.2) is 60.7 Å². The minimum Gasteiger partial charge on any atom is -0.480 e. The second kappa shape index (κ2) is 61.1. The fraction of sp³-hybridized carbons (Fsp3) is 0.762. The Bertz CT molecular complexity index is 3890. The summed E-state index contributed by atoms with van der Waals surface area (Å²) in [6.07, 6.45) is 1.60. The molecule has 135 heavy (non-hydrogen) atoms. The number of esters is 2. The standard InChI is InChI=1S/C51H87N5O11.C34H56N4O7.C16H32N2O5/c1-17-35(6)45(55(13)48(60)38(33(2)3)31-41(57)44(34(4)5)53(11)26-28-66-29-27-54(12)50(62)67-51(8,9)10)42(63-14)32-43(58)56-25-21-24-40(56)46(64-15)36(7)47(59)52-39(49(61)65-16)30-37-22-19-18-20-23-37;1-10-22(4)30(37(6)33(41)29(35)21(2)3)27(43-7)20-28(39)38-18-14-17-26(38)31(44-8)23(5)32(40)36-25(34(42)45-9)19-24-15-12-11-13-16-24;1-12(2)13(14(19)20)17(6)8-10-22-11-9-18(7)15(21)23-16(3,4)5/h18-20,22-23,33-36,38-40,42,44-46H,17,21,24-32H2,1-16H3,(H,52,59);11-13,15-16,21-23,25-27,29-31H,10,14,17-20,35H2,1-9H3,(H,36,40);12-13H,8-11H2,1-7H3,(H,19,20)/t35-,36+,38-,39-,40-,42+,44-,45-,46+;22-,23+,25-,26-,27+,29-,30-,31+;13-/m000/s1. The number of hydrogen-bond donors (Lipinski definition) is 4. The van der Waals surface area contributed by atoms with Crippen LogP contribution in [-0.2, 0) is 108 Å². The average Bonchev–Trinajstić information content (AvgIpc) is 1.76. The maximum Gasteiger partial charge on any atom is 0.410 e. The molecule has 0 saturated carbocycles. The molecule has 18 atom stereocenters. The van der Waals surface area contributed by atoms with Gasteiger partial charge >= 0.3 is 30.1 Å². The fourth-order valence-electron chi connectivity index (χ4n) is 17.6. The van der Waals surface area contributed by atoms with Gasteiger partial charge in [-0.1, -0.05) is 170 Å². The fourth-order valence-corrected chi connectivity index (χ4v) is 17.6. The number of methoxy groups -OCH3 is 6. The van der Waals surface area contributed by atoms with Crippen LogP contribution >= 0.6 is 0 Å². The van der Waals surface area contributed by atoms with E-state index in [0.29, 0.717) is 91.4 Å². The van der Waals surface area contributed by atoms with E-state index in [1.807, 2.05) is 197 Å². The van der Waals surface area contributed by atoms with Crippen LogP contribution in [0.5, 0.6) is 0 Å². The molecule has 8 amide bonds. The van der Waals surface area contributed by atoms with Crippen LogP contribution in [0.1, 0.15) is 207 Å². The Morgan fingerprint density at radius 2 is 0.815 bits per heavy atom. The van der Waals surface area contributed by atoms with Crippen molar-refractivity contribution in [3.05, 3.63) is 71.8 Å². The van der Waals surface area contributed by atoms with Gasteiger partial charge < -0.3 is 98.2 Å². The van der Waals surface area contributed by atoms with Crippen LogP contribution in [0.2, 0.25) is 0 Å². The summed E-state index contributed by atoms with van der Waals surface area (Å²) in [4.78, 5) is 172. The number of hydrogen-bond acceptors (Lipinski definition) is 25. The van der Waals surface area contributed by atoms with E-state index in [2.05, 4.69) is 10.6 Å². The highest BCUT2D eigenvalue weighted by atomic mass is 16.6. The summed E-state index contributed by atoms with van der Waals surface area (Å²) in [5.41, 5.74) is 6.86. The van der Waals surface area contributed by atoms with E-state index in [1.54, 1.807) is 87.8 Å². The molecule has 0 radical (unpaired) electrons. The average molecular weight is 1910 g/mol. The van der Waals surface area contributed by atoms with E-state index in [1.165, 1.54) is 38.2 Å². The van der Waals surface area contributed by atoms with Gasteiger partial charge in [-0.3, -0.25) is 48.2 Å². The zero-order chi connectivity index (χ0) is 103. The quantitative estimate of drug-likeness (QED) is 0.0271. The molecule has 0 spiro atoms. The van der Waals surface area contributed by atoms with Crippen LogP contribution < -0.4 is 16.4 Å². The van der Waals surface area contributed by atoms with Crippen LogP contribution in [0.3, 0.4) is 0 Å². The van der Waals surface area contributed by atoms with E-state index in [0.717, 1.165) is 24.0 Å². The van der Waals surface area contributed by atoms with E-state index < -0.39 is 120 Å². The Morgan fingerprint density at radius 1 is 0.467 bits per heavy atom. The van der Waals surface area contributed by atoms with E-state index in [9.17, 15) is 62.6 Å². The van der Waals surface area contributed by atoms with Crippen molar-refractivity contribution in [2.24, 2.45) is 59.0 Å². The number of amides is 8. The molecule has 2 saturated heterocycles. The van der Waals surface area contributed by atoms with Gasteiger partial charge in [-0.25, -0.2) is 19.2 Å². The van der Waals surface area contributed by atoms with Gasteiger partial charge in [-0.05, 0) is 128 Å². The van der Waals surface area contributed by atoms with Crippen LogP contribution in [0.4, 0.5) is 9.59 Å². The first-order valence-electron chi connectivity index (χ1n) is 48.2. The Kier molecular flexibility index (Phi) is 55.5. The van der Waals surface area contributed by atoms with Gasteiger partial charge in [0.25, 0.3) is 0 Å². The second-order valence-corrected chi connectivity index (χ2v) is 39.7. The molecule has 2 aromatic carbocycles. The highest BCUT2D eigenvalue weighted by Gasteiger charge is 2.47. The summed E-state index contributed by atoms with van der Waals surface area (Å²) in [6, 6.07) is 13.8. The van der Waals surface area contributed by atoms with Gasteiger partial charge in [0.2, 0.25) is 35.4 Å². The van der Waals surface area contributed by atoms with Crippen molar-refractivity contribution >= 4 is 71.3 Å². The zero-order valence-electron chi connectivity index (χ0n) is 87.9. The first-order valence-corrected chi connectivity index (χ1v) is 48.2. The summed E-state index contributed by atoms with van der Waals surface area (Å²) in [5, 5.41) is 14.9. The Balaban J connectivity index is 0.000000774. The number of carboxylic acid groups (broad SMARTS) is 1. The SMILES string of the molecule is CC(C)[C@@H](C(=O)O)N(C)CCOCCN(C)C(=O)OC(C)(C)C.CC[C@H](C)[C@@H]([C@@H](CC(=O)N1CCC[C@H]1[C@H](OC)[C@@H](C)C(=O)N[C@@H](Cc1ccccc1)C(=O)OC)OC)N(C)C(=O)[C@@H](CC(=O)[C@H](C(C)C)N(C)CCOCCN(C)C(=O)OC(C)(C)C)C(C)C.CC[C@H](C)[C@@H]([C@@H](CC(=O)N1CCC[C@H]1[C@H](OC)[C@@H](C)C(=O)N[C@@H](Cc1ccccc1)C(=O)OC)OC)N(C)C(=O)[C@@H](N)C(C)C. The lowest BCUT2D eigenvalue weighted by atomic mass is 9.83. The molecule has 2 fully saturated rings. The van der Waals surface area contributed by atoms with Crippen molar-refractivity contribution < 1.29 is 110 Å². The third-order valence-corrected chi connectivity index (χ3v) is 25.8. The lowest BCUT2D eigenvalue weighted by Crippen LogP contribution is -2.56. The maximum atomic E-state index is 14.7. The van der Waals surface area contributed by atoms with Gasteiger partial charge in [0.05, 0.1) is 126 Å². The Labute approximate surface area is 807 Å². The molecular weight excluding hydrogens is 1740 g/mol. The second-order valence-electron chi connectivity index (χ2n) is 39.7. The number of ketones is 1. The van der Waals surface area contributed by atoms with Crippen molar-refractivity contribution in [1.29, 1.82) is 0 Å². The van der Waals surface area contributed by atoms with Crippen LogP contribution in [-0.4, -0.2) is 356 Å². The minimum absolute atomic E-state index is 0.0109. The number of likely N-dealkylation sites (tertiary alicyclic amines) is 2. The summed E-state index contributed by atoms with van der Waals surface area (Å²) in [6.45, 7) is 42.3. The molecule has 2 aliphatic heterocycles. The molecule has 2 aliphatic rings. The summed E-state index contributed by atoms with van der Waals surface area (Å²) in [7, 11) is 19.2. The van der Waals surface area contributed by atoms with Crippen molar-refractivity contribution in [2.45, 2.75) is 299 Å². The monoisotopic (exact) mass is 1910 g/mol. The highest BCUT2D eigenvalue weighted by Crippen LogP contribution is 2.34. The number of rotatable bonds is 54. The Hall–Kier alpha value is -8.48. The summed E-state index contributed by atoms with van der Waals surface area (Å²) >= 11 is 0. The molecule has 0 aliphatic carbocycles. The van der Waals surface area contributed by atoms with Gasteiger partial charge in [-0.15, -0.1) is 0 Å². The Morgan fingerprint density at radius 3 is 1.12 bits per heavy atom. The molecule has 34 nitrogen and oxygen atoms in total. The molecule has 5 N–H and O–H groups in total. The molecule has 4 rings (SSSR count). The van der Waals surface area contributed by atoms with E-state index in [-0.39, 0.29) is 127 Å². The molecule has 0 bridgehead atoms. The van der Waals surface area contributed by atoms with Crippen molar-refractivity contribution in [3.63, 3.8) is 0 Å². The van der Waals surface area contributed by atoms with Gasteiger partial charge in [0, 0.05) is 121 Å². The predicted molar refractivity (Wildman–Crippen MR) is 521 cm³/mol. The highest BCUT2D eigenvalue weighted by molar-refractivity contribution is 5.91. The molecule has 0 unspecified atom stereocenters. The number of carboxylic acids is 1. The minimum atomic E-state index is -0.907. The van der Waals surface area contributed by atoms with E-state index >= 15 is 0 Å². The molecule has 772 valence electrons.